The Labute approximate surface area is 118 Å². The Morgan fingerprint density at radius 1 is 1.40 bits per heavy atom. The van der Waals surface area contributed by atoms with Gasteiger partial charge in [-0.2, -0.15) is 5.26 Å². The third kappa shape index (κ3) is 2.98. The predicted molar refractivity (Wildman–Crippen MR) is 72.5 cm³/mol. The highest BCUT2D eigenvalue weighted by Gasteiger charge is 2.41. The van der Waals surface area contributed by atoms with Crippen LogP contribution in [0.1, 0.15) is 24.4 Å². The van der Waals surface area contributed by atoms with Gasteiger partial charge in [-0.1, -0.05) is 30.3 Å². The van der Waals surface area contributed by atoms with Crippen molar-refractivity contribution in [3.05, 3.63) is 35.9 Å². The average Bonchev–Trinajstić information content (AvgIpc) is 2.53. The molecule has 1 saturated heterocycles. The lowest BCUT2D eigenvalue weighted by Gasteiger charge is -2.31. The number of nitrogens with one attached hydrogen (secondary N) is 1. The number of nitriles is 1. The molecule has 1 atom stereocenters. The standard InChI is InChI=1S/C15H18N2O3/c16-11-15(6-8-20-9-7-15)14(19)17-13(10-18)12-4-2-1-3-5-12/h1-5,13,18H,6-10H2,(H,17,19)/t13-/m0/s1. The van der Waals surface area contributed by atoms with E-state index in [1.54, 1.807) is 0 Å². The number of ether oxygens (including phenoxy) is 1. The highest BCUT2D eigenvalue weighted by molar-refractivity contribution is 5.85. The van der Waals surface area contributed by atoms with Gasteiger partial charge >= 0.3 is 0 Å². The van der Waals surface area contributed by atoms with Crippen LogP contribution in [0.15, 0.2) is 30.3 Å². The lowest BCUT2D eigenvalue weighted by molar-refractivity contribution is -0.133. The van der Waals surface area contributed by atoms with Crippen LogP contribution in [0.5, 0.6) is 0 Å². The van der Waals surface area contributed by atoms with Gasteiger partial charge in [-0.3, -0.25) is 4.79 Å². The van der Waals surface area contributed by atoms with E-state index < -0.39 is 11.5 Å². The molecule has 1 fully saturated rings. The van der Waals surface area contributed by atoms with E-state index in [2.05, 4.69) is 11.4 Å². The summed E-state index contributed by atoms with van der Waals surface area (Å²) in [5.41, 5.74) is -0.219. The van der Waals surface area contributed by atoms with Crippen LogP contribution in [0.2, 0.25) is 0 Å². The minimum Gasteiger partial charge on any atom is -0.394 e. The summed E-state index contributed by atoms with van der Waals surface area (Å²) in [4.78, 5) is 12.4. The van der Waals surface area contributed by atoms with Crippen molar-refractivity contribution in [3.8, 4) is 6.07 Å². The third-order valence-corrected chi connectivity index (χ3v) is 3.68. The number of hydrogen-bond acceptors (Lipinski definition) is 4. The van der Waals surface area contributed by atoms with Crippen molar-refractivity contribution in [1.29, 1.82) is 5.26 Å². The Morgan fingerprint density at radius 3 is 2.60 bits per heavy atom. The van der Waals surface area contributed by atoms with Crippen molar-refractivity contribution in [1.82, 2.24) is 5.32 Å². The number of benzene rings is 1. The Balaban J connectivity index is 2.11. The van der Waals surface area contributed by atoms with Crippen LogP contribution in [0.4, 0.5) is 0 Å². The van der Waals surface area contributed by atoms with Gasteiger partial charge in [-0.15, -0.1) is 0 Å². The van der Waals surface area contributed by atoms with Crippen LogP contribution in [0, 0.1) is 16.7 Å². The lowest BCUT2D eigenvalue weighted by atomic mass is 9.80. The maximum Gasteiger partial charge on any atom is 0.241 e. The molecule has 0 bridgehead atoms. The maximum absolute atomic E-state index is 12.4. The van der Waals surface area contributed by atoms with E-state index in [0.29, 0.717) is 26.1 Å². The van der Waals surface area contributed by atoms with Crippen molar-refractivity contribution in [2.45, 2.75) is 18.9 Å². The van der Waals surface area contributed by atoms with E-state index in [9.17, 15) is 15.2 Å². The van der Waals surface area contributed by atoms with E-state index in [1.165, 1.54) is 0 Å². The molecule has 0 aliphatic carbocycles. The topological polar surface area (TPSA) is 82.4 Å². The molecule has 20 heavy (non-hydrogen) atoms. The Bertz CT molecular complexity index is 490. The van der Waals surface area contributed by atoms with Crippen molar-refractivity contribution in [3.63, 3.8) is 0 Å². The van der Waals surface area contributed by atoms with Crippen LogP contribution >= 0.6 is 0 Å². The SMILES string of the molecule is N#CC1(C(=O)N[C@@H](CO)c2ccccc2)CCOCC1. The summed E-state index contributed by atoms with van der Waals surface area (Å²) >= 11 is 0. The van der Waals surface area contributed by atoms with E-state index >= 15 is 0 Å². The molecular formula is C15H18N2O3. The molecule has 0 spiro atoms. The second kappa shape index (κ2) is 6.51. The largest absolute Gasteiger partial charge is 0.394 e. The van der Waals surface area contributed by atoms with Gasteiger partial charge in [0.1, 0.15) is 5.41 Å². The summed E-state index contributed by atoms with van der Waals surface area (Å²) in [5.74, 6) is -0.328. The summed E-state index contributed by atoms with van der Waals surface area (Å²) in [6, 6.07) is 10.9. The maximum atomic E-state index is 12.4. The smallest absolute Gasteiger partial charge is 0.241 e. The molecule has 1 heterocycles. The molecule has 1 aliphatic rings. The second-order valence-corrected chi connectivity index (χ2v) is 4.93. The summed E-state index contributed by atoms with van der Waals surface area (Å²) in [5, 5.41) is 21.6. The third-order valence-electron chi connectivity index (χ3n) is 3.68. The number of nitrogens with zero attached hydrogens (tertiary/aromatic N) is 1. The first-order chi connectivity index (χ1) is 9.72. The van der Waals surface area contributed by atoms with Crippen molar-refractivity contribution >= 4 is 5.91 Å². The zero-order valence-corrected chi connectivity index (χ0v) is 11.2. The Morgan fingerprint density at radius 2 is 2.05 bits per heavy atom. The van der Waals surface area contributed by atoms with Crippen molar-refractivity contribution < 1.29 is 14.6 Å². The average molecular weight is 274 g/mol. The Hall–Kier alpha value is -1.90. The van der Waals surface area contributed by atoms with Gasteiger partial charge in [0, 0.05) is 13.2 Å². The van der Waals surface area contributed by atoms with Crippen LogP contribution in [0.3, 0.4) is 0 Å². The summed E-state index contributed by atoms with van der Waals surface area (Å²) < 4.78 is 5.21. The van der Waals surface area contributed by atoms with Crippen LogP contribution in [-0.4, -0.2) is 30.8 Å². The first-order valence-corrected chi connectivity index (χ1v) is 6.67. The van der Waals surface area contributed by atoms with Crippen molar-refractivity contribution in [2.24, 2.45) is 5.41 Å². The molecule has 2 N–H and O–H groups in total. The first kappa shape index (κ1) is 14.5. The molecule has 1 aliphatic heterocycles. The van der Waals surface area contributed by atoms with E-state index in [1.807, 2.05) is 30.3 Å². The molecule has 0 aromatic heterocycles. The normalized spacial score (nSPS) is 18.8. The lowest BCUT2D eigenvalue weighted by Crippen LogP contribution is -2.45. The van der Waals surface area contributed by atoms with Crippen LogP contribution in [0.25, 0.3) is 0 Å². The van der Waals surface area contributed by atoms with Gasteiger partial charge in [0.05, 0.1) is 18.7 Å². The number of hydrogen-bond donors (Lipinski definition) is 2. The van der Waals surface area contributed by atoms with Gasteiger partial charge in [0.25, 0.3) is 0 Å². The van der Waals surface area contributed by atoms with Gasteiger partial charge in [0.15, 0.2) is 0 Å². The number of aliphatic hydroxyl groups excluding tert-OH is 1. The van der Waals surface area contributed by atoms with Crippen molar-refractivity contribution in [2.75, 3.05) is 19.8 Å². The predicted octanol–water partition coefficient (Wildman–Crippen LogP) is 1.16. The Kier molecular flexibility index (Phi) is 4.72. The molecule has 0 unspecified atom stereocenters. The summed E-state index contributed by atoms with van der Waals surface area (Å²) in [6.45, 7) is 0.625. The quantitative estimate of drug-likeness (QED) is 0.863. The molecular weight excluding hydrogens is 256 g/mol. The fourth-order valence-corrected chi connectivity index (χ4v) is 2.33. The highest BCUT2D eigenvalue weighted by Crippen LogP contribution is 2.30. The van der Waals surface area contributed by atoms with E-state index in [-0.39, 0.29) is 12.5 Å². The van der Waals surface area contributed by atoms with Gasteiger partial charge < -0.3 is 15.2 Å². The molecule has 5 nitrogen and oxygen atoms in total. The summed E-state index contributed by atoms with van der Waals surface area (Å²) in [7, 11) is 0. The molecule has 0 radical (unpaired) electrons. The number of carbonyl (C=O) groups is 1. The zero-order valence-electron chi connectivity index (χ0n) is 11.2. The monoisotopic (exact) mass is 274 g/mol. The van der Waals surface area contributed by atoms with E-state index in [4.69, 9.17) is 4.74 Å². The number of carbonyl (C=O) groups excluding carboxylic acids is 1. The minimum atomic E-state index is -1.04. The molecule has 106 valence electrons. The fourth-order valence-electron chi connectivity index (χ4n) is 2.33. The molecule has 5 heteroatoms. The number of rotatable bonds is 4. The number of aliphatic hydroxyl groups is 1. The molecule has 1 aromatic carbocycles. The molecule has 2 rings (SSSR count). The van der Waals surface area contributed by atoms with Gasteiger partial charge in [-0.05, 0) is 18.4 Å². The second-order valence-electron chi connectivity index (χ2n) is 4.93. The first-order valence-electron chi connectivity index (χ1n) is 6.67. The van der Waals surface area contributed by atoms with E-state index in [0.717, 1.165) is 5.56 Å². The molecule has 0 saturated carbocycles. The van der Waals surface area contributed by atoms with Crippen LogP contribution < -0.4 is 5.32 Å². The molecule has 1 aromatic rings. The molecule has 1 amide bonds. The zero-order chi connectivity index (χ0) is 14.4. The summed E-state index contributed by atoms with van der Waals surface area (Å²) in [6.07, 6.45) is 0.782. The highest BCUT2D eigenvalue weighted by atomic mass is 16.5. The number of amides is 1. The fraction of sp³-hybridized carbons (Fsp3) is 0.467. The van der Waals surface area contributed by atoms with Gasteiger partial charge in [-0.25, -0.2) is 0 Å². The van der Waals surface area contributed by atoms with Crippen LogP contribution in [-0.2, 0) is 9.53 Å². The minimum absolute atomic E-state index is 0.201. The van der Waals surface area contributed by atoms with Gasteiger partial charge in [0.2, 0.25) is 5.91 Å².